The molecule has 4 rings (SSSR count). The first-order chi connectivity index (χ1) is 15.5. The number of carbonyl (C=O) groups is 1. The van der Waals surface area contributed by atoms with Gasteiger partial charge in [0.05, 0.1) is 5.56 Å². The Labute approximate surface area is 207 Å². The Morgan fingerprint density at radius 1 is 1.00 bits per heavy atom. The molecule has 1 fully saturated rings. The van der Waals surface area contributed by atoms with Crippen LogP contribution in [0, 0.1) is 6.92 Å². The molecule has 0 bridgehead atoms. The fourth-order valence-corrected chi connectivity index (χ4v) is 4.50. The van der Waals surface area contributed by atoms with Crippen LogP contribution in [0.1, 0.15) is 22.5 Å². The summed E-state index contributed by atoms with van der Waals surface area (Å²) in [7, 11) is 2.01. The van der Waals surface area contributed by atoms with Crippen LogP contribution in [0.2, 0.25) is 5.02 Å². The van der Waals surface area contributed by atoms with Crippen molar-refractivity contribution in [2.75, 3.05) is 44.2 Å². The van der Waals surface area contributed by atoms with Crippen molar-refractivity contribution < 1.29 is 4.79 Å². The average Bonchev–Trinajstić information content (AvgIpc) is 3.12. The van der Waals surface area contributed by atoms with Crippen LogP contribution < -0.4 is 10.2 Å². The monoisotopic (exact) mass is 486 g/mol. The van der Waals surface area contributed by atoms with Gasteiger partial charge in [0.1, 0.15) is 0 Å². The summed E-state index contributed by atoms with van der Waals surface area (Å²) in [6.45, 7) is 7.73. The van der Waals surface area contributed by atoms with Gasteiger partial charge >= 0.3 is 0 Å². The molecule has 33 heavy (non-hydrogen) atoms. The molecule has 2 heterocycles. The average molecular weight is 487 g/mol. The number of halogens is 2. The van der Waals surface area contributed by atoms with Crippen LogP contribution in [0.5, 0.6) is 0 Å². The third-order valence-electron chi connectivity index (χ3n) is 6.33. The maximum atomic E-state index is 12.8. The van der Waals surface area contributed by atoms with E-state index in [0.717, 1.165) is 66.7 Å². The summed E-state index contributed by atoms with van der Waals surface area (Å²) in [5.74, 6) is 0.00561. The molecule has 0 radical (unpaired) electrons. The highest BCUT2D eigenvalue weighted by atomic mass is 35.5. The minimum Gasteiger partial charge on any atom is -0.369 e. The fourth-order valence-electron chi connectivity index (χ4n) is 4.32. The van der Waals surface area contributed by atoms with Crippen molar-refractivity contribution in [2.45, 2.75) is 13.3 Å². The molecule has 0 aliphatic carbocycles. The topological polar surface area (TPSA) is 40.5 Å². The molecule has 5 nitrogen and oxygen atoms in total. The Kier molecular flexibility index (Phi) is 8.84. The Morgan fingerprint density at radius 2 is 1.73 bits per heavy atom. The van der Waals surface area contributed by atoms with Gasteiger partial charge in [-0.15, -0.1) is 12.4 Å². The first-order valence-corrected chi connectivity index (χ1v) is 11.6. The number of benzene rings is 2. The fraction of sp³-hybridized carbons (Fsp3) is 0.346. The third kappa shape index (κ3) is 6.11. The zero-order valence-corrected chi connectivity index (χ0v) is 20.8. The van der Waals surface area contributed by atoms with Crippen molar-refractivity contribution in [1.82, 2.24) is 14.8 Å². The minimum absolute atomic E-state index is 0. The molecule has 3 aromatic rings. The Hall–Kier alpha value is -2.47. The van der Waals surface area contributed by atoms with Crippen molar-refractivity contribution in [3.8, 4) is 11.3 Å². The zero-order valence-electron chi connectivity index (χ0n) is 19.3. The Bertz CT molecular complexity index is 1060. The highest BCUT2D eigenvalue weighted by Crippen LogP contribution is 2.25. The Morgan fingerprint density at radius 3 is 2.42 bits per heavy atom. The van der Waals surface area contributed by atoms with Gasteiger partial charge in [-0.25, -0.2) is 0 Å². The van der Waals surface area contributed by atoms with E-state index in [1.807, 2.05) is 56.4 Å². The normalized spacial score (nSPS) is 14.1. The van der Waals surface area contributed by atoms with E-state index in [0.29, 0.717) is 6.54 Å². The molecule has 176 valence electrons. The number of rotatable bonds is 7. The van der Waals surface area contributed by atoms with Crippen LogP contribution in [0.15, 0.2) is 60.7 Å². The third-order valence-corrected chi connectivity index (χ3v) is 6.57. The largest absolute Gasteiger partial charge is 0.369 e. The second-order valence-electron chi connectivity index (χ2n) is 8.37. The maximum absolute atomic E-state index is 12.8. The molecule has 7 heteroatoms. The number of hydrogen-bond acceptors (Lipinski definition) is 3. The molecule has 0 atom stereocenters. The number of aromatic nitrogens is 1. The lowest BCUT2D eigenvalue weighted by Gasteiger charge is -2.36. The molecule has 0 spiro atoms. The van der Waals surface area contributed by atoms with E-state index in [4.69, 9.17) is 11.6 Å². The van der Waals surface area contributed by atoms with Crippen molar-refractivity contribution in [1.29, 1.82) is 0 Å². The molecule has 1 saturated heterocycles. The first kappa shape index (κ1) is 25.2. The van der Waals surface area contributed by atoms with Gasteiger partial charge in [-0.05, 0) is 49.7 Å². The van der Waals surface area contributed by atoms with Gasteiger partial charge in [-0.3, -0.25) is 9.69 Å². The van der Waals surface area contributed by atoms with Gasteiger partial charge in [-0.2, -0.15) is 0 Å². The molecular weight excluding hydrogens is 455 g/mol. The summed E-state index contributed by atoms with van der Waals surface area (Å²) in [5, 5.41) is 3.89. The molecule has 0 unspecified atom stereocenters. The van der Waals surface area contributed by atoms with E-state index >= 15 is 0 Å². The lowest BCUT2D eigenvalue weighted by Crippen LogP contribution is -2.47. The molecular formula is C26H32Cl2N4O. The van der Waals surface area contributed by atoms with Gasteiger partial charge < -0.3 is 14.8 Å². The van der Waals surface area contributed by atoms with Crippen LogP contribution in [0.4, 0.5) is 5.69 Å². The standard InChI is InChI=1S/C26H31ClN4O.ClH/c1-20-24(19-25(29(20)2)21-8-4-3-5-9-21)26(32)28-12-7-13-30-14-16-31(17-15-30)23-11-6-10-22(27)18-23;/h3-6,8-11,18-19H,7,12-17H2,1-2H3,(H,28,32);1H. The molecule has 1 N–H and O–H groups in total. The van der Waals surface area contributed by atoms with Gasteiger partial charge in [0.25, 0.3) is 5.91 Å². The lowest BCUT2D eigenvalue weighted by molar-refractivity contribution is 0.0951. The number of amides is 1. The van der Waals surface area contributed by atoms with E-state index in [2.05, 4.69) is 37.9 Å². The highest BCUT2D eigenvalue weighted by molar-refractivity contribution is 6.30. The second-order valence-corrected chi connectivity index (χ2v) is 8.81. The number of hydrogen-bond donors (Lipinski definition) is 1. The van der Waals surface area contributed by atoms with Crippen molar-refractivity contribution in [3.63, 3.8) is 0 Å². The number of carbonyl (C=O) groups excluding carboxylic acids is 1. The highest BCUT2D eigenvalue weighted by Gasteiger charge is 2.18. The number of nitrogens with zero attached hydrogens (tertiary/aromatic N) is 3. The molecule has 1 aliphatic rings. The second kappa shape index (κ2) is 11.6. The quantitative estimate of drug-likeness (QED) is 0.476. The van der Waals surface area contributed by atoms with E-state index in [1.54, 1.807) is 0 Å². The maximum Gasteiger partial charge on any atom is 0.253 e. The number of nitrogens with one attached hydrogen (secondary N) is 1. The summed E-state index contributed by atoms with van der Waals surface area (Å²) in [6.07, 6.45) is 0.945. The Balaban J connectivity index is 0.00000306. The molecule has 1 aliphatic heterocycles. The summed E-state index contributed by atoms with van der Waals surface area (Å²) in [4.78, 5) is 17.6. The summed E-state index contributed by atoms with van der Waals surface area (Å²) < 4.78 is 2.09. The van der Waals surface area contributed by atoms with Crippen LogP contribution in [0.25, 0.3) is 11.3 Å². The van der Waals surface area contributed by atoms with E-state index in [9.17, 15) is 4.79 Å². The van der Waals surface area contributed by atoms with Crippen molar-refractivity contribution >= 4 is 35.6 Å². The zero-order chi connectivity index (χ0) is 22.5. The SMILES string of the molecule is Cc1c(C(=O)NCCCN2CCN(c3cccc(Cl)c3)CC2)cc(-c2ccccc2)n1C.Cl. The van der Waals surface area contributed by atoms with Crippen LogP contribution in [-0.4, -0.2) is 54.6 Å². The van der Waals surface area contributed by atoms with Crippen LogP contribution >= 0.6 is 24.0 Å². The summed E-state index contributed by atoms with van der Waals surface area (Å²) >= 11 is 6.12. The lowest BCUT2D eigenvalue weighted by atomic mass is 10.1. The van der Waals surface area contributed by atoms with E-state index < -0.39 is 0 Å². The van der Waals surface area contributed by atoms with Crippen molar-refractivity contribution in [2.24, 2.45) is 7.05 Å². The molecule has 2 aromatic carbocycles. The molecule has 0 saturated carbocycles. The van der Waals surface area contributed by atoms with Crippen LogP contribution in [0.3, 0.4) is 0 Å². The van der Waals surface area contributed by atoms with Gasteiger partial charge in [0.15, 0.2) is 0 Å². The van der Waals surface area contributed by atoms with Crippen LogP contribution in [-0.2, 0) is 7.05 Å². The predicted octanol–water partition coefficient (Wildman–Crippen LogP) is 5.02. The minimum atomic E-state index is 0. The van der Waals surface area contributed by atoms with Gasteiger partial charge in [0.2, 0.25) is 0 Å². The molecule has 1 amide bonds. The molecule has 1 aromatic heterocycles. The van der Waals surface area contributed by atoms with E-state index in [-0.39, 0.29) is 18.3 Å². The van der Waals surface area contributed by atoms with Crippen molar-refractivity contribution in [3.05, 3.63) is 76.9 Å². The van der Waals surface area contributed by atoms with Gasteiger partial charge in [-0.1, -0.05) is 48.0 Å². The first-order valence-electron chi connectivity index (χ1n) is 11.3. The smallest absolute Gasteiger partial charge is 0.253 e. The number of piperazine rings is 1. The summed E-state index contributed by atoms with van der Waals surface area (Å²) in [6, 6.07) is 20.2. The predicted molar refractivity (Wildman–Crippen MR) is 140 cm³/mol. The number of anilines is 1. The van der Waals surface area contributed by atoms with E-state index in [1.165, 1.54) is 5.69 Å². The van der Waals surface area contributed by atoms with Gasteiger partial charge in [0, 0.05) is 61.9 Å². The summed E-state index contributed by atoms with van der Waals surface area (Å²) in [5.41, 5.74) is 5.11.